The Hall–Kier alpha value is 0.430. The molecule has 0 aromatic carbocycles. The Bertz CT molecular complexity index is 274. The SMILES string of the molecule is Clc1sc(CC2CCCN2)cc1Br. The number of nitrogens with one attached hydrogen (secondary N) is 1. The molecule has 1 aliphatic rings. The lowest BCUT2D eigenvalue weighted by Gasteiger charge is -2.06. The molecule has 1 saturated heterocycles. The smallest absolute Gasteiger partial charge is 0.107 e. The molecule has 0 radical (unpaired) electrons. The minimum atomic E-state index is 0.668. The van der Waals surface area contributed by atoms with Crippen molar-refractivity contribution in [3.63, 3.8) is 0 Å². The summed E-state index contributed by atoms with van der Waals surface area (Å²) >= 11 is 11.1. The van der Waals surface area contributed by atoms with E-state index in [0.29, 0.717) is 6.04 Å². The van der Waals surface area contributed by atoms with Crippen LogP contribution in [0, 0.1) is 0 Å². The zero-order valence-corrected chi connectivity index (χ0v) is 10.3. The standard InChI is InChI=1S/C9H11BrClNS/c10-8-5-7(13-9(8)11)4-6-2-1-3-12-6/h5-6,12H,1-4H2. The van der Waals surface area contributed by atoms with Crippen molar-refractivity contribution < 1.29 is 0 Å². The Labute approximate surface area is 95.6 Å². The van der Waals surface area contributed by atoms with E-state index in [1.807, 2.05) is 0 Å². The van der Waals surface area contributed by atoms with Crippen molar-refractivity contribution in [3.8, 4) is 0 Å². The Kier molecular flexibility index (Phi) is 3.30. The minimum Gasteiger partial charge on any atom is -0.314 e. The number of rotatable bonds is 2. The fourth-order valence-corrected chi connectivity index (χ4v) is 3.54. The molecule has 1 N–H and O–H groups in total. The van der Waals surface area contributed by atoms with E-state index in [1.165, 1.54) is 24.3 Å². The highest BCUT2D eigenvalue weighted by Gasteiger charge is 2.16. The van der Waals surface area contributed by atoms with Crippen LogP contribution >= 0.6 is 38.9 Å². The van der Waals surface area contributed by atoms with Gasteiger partial charge in [-0.05, 0) is 47.8 Å². The van der Waals surface area contributed by atoms with Crippen LogP contribution in [0.2, 0.25) is 4.34 Å². The highest BCUT2D eigenvalue weighted by Crippen LogP contribution is 2.33. The average Bonchev–Trinajstić information content (AvgIpc) is 2.64. The maximum atomic E-state index is 5.97. The summed E-state index contributed by atoms with van der Waals surface area (Å²) < 4.78 is 1.90. The maximum Gasteiger partial charge on any atom is 0.107 e. The first-order valence-electron chi connectivity index (χ1n) is 4.43. The third-order valence-electron chi connectivity index (χ3n) is 2.31. The van der Waals surface area contributed by atoms with Crippen molar-refractivity contribution in [1.82, 2.24) is 5.32 Å². The lowest BCUT2D eigenvalue weighted by atomic mass is 10.1. The van der Waals surface area contributed by atoms with E-state index in [9.17, 15) is 0 Å². The van der Waals surface area contributed by atoms with Gasteiger partial charge < -0.3 is 5.32 Å². The third-order valence-corrected chi connectivity index (χ3v) is 4.80. The molecule has 72 valence electrons. The van der Waals surface area contributed by atoms with Crippen LogP contribution in [-0.2, 0) is 6.42 Å². The van der Waals surface area contributed by atoms with Crippen LogP contribution in [0.3, 0.4) is 0 Å². The molecular formula is C9H11BrClNS. The van der Waals surface area contributed by atoms with Crippen LogP contribution in [0.25, 0.3) is 0 Å². The van der Waals surface area contributed by atoms with Gasteiger partial charge in [-0.3, -0.25) is 0 Å². The molecule has 0 spiro atoms. The molecule has 0 aliphatic carbocycles. The third kappa shape index (κ3) is 2.46. The molecule has 1 fully saturated rings. The summed E-state index contributed by atoms with van der Waals surface area (Å²) in [6.45, 7) is 1.17. The van der Waals surface area contributed by atoms with Gasteiger partial charge in [0, 0.05) is 15.4 Å². The first-order valence-corrected chi connectivity index (χ1v) is 6.41. The topological polar surface area (TPSA) is 12.0 Å². The van der Waals surface area contributed by atoms with E-state index in [0.717, 1.165) is 15.2 Å². The van der Waals surface area contributed by atoms with Gasteiger partial charge in [-0.15, -0.1) is 11.3 Å². The molecule has 2 rings (SSSR count). The molecule has 0 amide bonds. The van der Waals surface area contributed by atoms with Gasteiger partial charge in [-0.2, -0.15) is 0 Å². The van der Waals surface area contributed by atoms with E-state index < -0.39 is 0 Å². The van der Waals surface area contributed by atoms with Crippen molar-refractivity contribution in [1.29, 1.82) is 0 Å². The fourth-order valence-electron chi connectivity index (χ4n) is 1.67. The summed E-state index contributed by atoms with van der Waals surface area (Å²) in [5.74, 6) is 0. The van der Waals surface area contributed by atoms with Crippen LogP contribution in [-0.4, -0.2) is 12.6 Å². The van der Waals surface area contributed by atoms with E-state index in [1.54, 1.807) is 11.3 Å². The molecule has 1 nitrogen and oxygen atoms in total. The maximum absolute atomic E-state index is 5.97. The highest BCUT2D eigenvalue weighted by molar-refractivity contribution is 9.10. The van der Waals surface area contributed by atoms with Crippen molar-refractivity contribution in [2.45, 2.75) is 25.3 Å². The van der Waals surface area contributed by atoms with Crippen LogP contribution in [0.1, 0.15) is 17.7 Å². The molecule has 1 aliphatic heterocycles. The van der Waals surface area contributed by atoms with Gasteiger partial charge in [0.15, 0.2) is 0 Å². The molecule has 4 heteroatoms. The number of hydrogen-bond acceptors (Lipinski definition) is 2. The molecule has 2 heterocycles. The first kappa shape index (κ1) is 9.97. The van der Waals surface area contributed by atoms with Crippen molar-refractivity contribution in [2.75, 3.05) is 6.54 Å². The number of hydrogen-bond donors (Lipinski definition) is 1. The summed E-state index contributed by atoms with van der Waals surface area (Å²) in [7, 11) is 0. The molecule has 1 unspecified atom stereocenters. The Morgan fingerprint density at radius 3 is 3.08 bits per heavy atom. The van der Waals surface area contributed by atoms with Gasteiger partial charge in [-0.1, -0.05) is 11.6 Å². The second kappa shape index (κ2) is 4.30. The fraction of sp³-hybridized carbons (Fsp3) is 0.556. The number of thiophene rings is 1. The van der Waals surface area contributed by atoms with Crippen LogP contribution in [0.5, 0.6) is 0 Å². The Morgan fingerprint density at radius 2 is 2.54 bits per heavy atom. The average molecular weight is 281 g/mol. The zero-order valence-electron chi connectivity index (χ0n) is 7.15. The molecule has 1 aromatic rings. The predicted octanol–water partition coefficient (Wildman–Crippen LogP) is 3.46. The van der Waals surface area contributed by atoms with Gasteiger partial charge in [0.1, 0.15) is 4.34 Å². The van der Waals surface area contributed by atoms with Gasteiger partial charge in [0.2, 0.25) is 0 Å². The quantitative estimate of drug-likeness (QED) is 0.875. The Morgan fingerprint density at radius 1 is 1.69 bits per heavy atom. The molecular weight excluding hydrogens is 270 g/mol. The summed E-state index contributed by atoms with van der Waals surface area (Å²) in [5.41, 5.74) is 0. The summed E-state index contributed by atoms with van der Waals surface area (Å²) in [6.07, 6.45) is 3.73. The van der Waals surface area contributed by atoms with Gasteiger partial charge in [-0.25, -0.2) is 0 Å². The zero-order chi connectivity index (χ0) is 9.26. The second-order valence-electron chi connectivity index (χ2n) is 3.33. The lowest BCUT2D eigenvalue weighted by molar-refractivity contribution is 0.608. The molecule has 1 atom stereocenters. The van der Waals surface area contributed by atoms with Gasteiger partial charge in [0.25, 0.3) is 0 Å². The predicted molar refractivity (Wildman–Crippen MR) is 61.8 cm³/mol. The summed E-state index contributed by atoms with van der Waals surface area (Å²) in [4.78, 5) is 1.37. The largest absolute Gasteiger partial charge is 0.314 e. The van der Waals surface area contributed by atoms with Crippen LogP contribution in [0.15, 0.2) is 10.5 Å². The monoisotopic (exact) mass is 279 g/mol. The van der Waals surface area contributed by atoms with Gasteiger partial charge in [0.05, 0.1) is 0 Å². The number of halogens is 2. The van der Waals surface area contributed by atoms with E-state index >= 15 is 0 Å². The van der Waals surface area contributed by atoms with Crippen molar-refractivity contribution >= 4 is 38.9 Å². The Balaban J connectivity index is 2.00. The van der Waals surface area contributed by atoms with Crippen molar-refractivity contribution in [2.24, 2.45) is 0 Å². The van der Waals surface area contributed by atoms with Crippen LogP contribution in [0.4, 0.5) is 0 Å². The molecule has 0 saturated carbocycles. The molecule has 1 aromatic heterocycles. The van der Waals surface area contributed by atoms with E-state index in [-0.39, 0.29) is 0 Å². The normalized spacial score (nSPS) is 22.5. The summed E-state index contributed by atoms with van der Waals surface area (Å²) in [5, 5.41) is 3.48. The second-order valence-corrected chi connectivity index (χ2v) is 5.92. The van der Waals surface area contributed by atoms with Gasteiger partial charge >= 0.3 is 0 Å². The molecule has 13 heavy (non-hydrogen) atoms. The summed E-state index contributed by atoms with van der Waals surface area (Å²) in [6, 6.07) is 2.80. The molecule has 0 bridgehead atoms. The van der Waals surface area contributed by atoms with E-state index in [2.05, 4.69) is 27.3 Å². The first-order chi connectivity index (χ1) is 6.25. The highest BCUT2D eigenvalue weighted by atomic mass is 79.9. The lowest BCUT2D eigenvalue weighted by Crippen LogP contribution is -2.23. The van der Waals surface area contributed by atoms with Crippen LogP contribution < -0.4 is 5.32 Å². The van der Waals surface area contributed by atoms with E-state index in [4.69, 9.17) is 11.6 Å². The van der Waals surface area contributed by atoms with Crippen molar-refractivity contribution in [3.05, 3.63) is 19.8 Å². The minimum absolute atomic E-state index is 0.668.